The molecule has 132 valence electrons. The van der Waals surface area contributed by atoms with Crippen molar-refractivity contribution in [2.45, 2.75) is 13.1 Å². The van der Waals surface area contributed by atoms with Crippen molar-refractivity contribution < 1.29 is 27.5 Å². The minimum absolute atomic E-state index is 0.133. The Hall–Kier alpha value is -3.03. The summed E-state index contributed by atoms with van der Waals surface area (Å²) in [5, 5.41) is 5.03. The van der Waals surface area contributed by atoms with Gasteiger partial charge in [0.15, 0.2) is 0 Å². The molecule has 0 atom stereocenters. The Morgan fingerprint density at radius 3 is 2.36 bits per heavy atom. The van der Waals surface area contributed by atoms with Crippen LogP contribution in [0.25, 0.3) is 0 Å². The van der Waals surface area contributed by atoms with Crippen LogP contribution in [-0.4, -0.2) is 18.9 Å². The second kappa shape index (κ2) is 7.25. The van der Waals surface area contributed by atoms with Gasteiger partial charge in [-0.25, -0.2) is 0 Å². The predicted molar refractivity (Wildman–Crippen MR) is 86.7 cm³/mol. The highest BCUT2D eigenvalue weighted by Crippen LogP contribution is 2.30. The maximum absolute atomic E-state index is 12.7. The van der Waals surface area contributed by atoms with E-state index in [4.69, 9.17) is 4.74 Å². The Bertz CT molecular complexity index is 804. The van der Waals surface area contributed by atoms with E-state index in [2.05, 4.69) is 10.6 Å². The molecule has 0 saturated heterocycles. The van der Waals surface area contributed by atoms with Gasteiger partial charge in [0.1, 0.15) is 5.75 Å². The molecule has 0 aliphatic heterocycles. The maximum Gasteiger partial charge on any atom is 0.416 e. The smallest absolute Gasteiger partial charge is 0.416 e. The molecule has 0 spiro atoms. The molecule has 2 aromatic rings. The average molecular weight is 352 g/mol. The van der Waals surface area contributed by atoms with Crippen molar-refractivity contribution in [2.24, 2.45) is 0 Å². The fourth-order valence-electron chi connectivity index (χ4n) is 2.11. The molecule has 8 heteroatoms. The summed E-state index contributed by atoms with van der Waals surface area (Å²) in [4.78, 5) is 23.4. The lowest BCUT2D eigenvalue weighted by Crippen LogP contribution is -2.14. The Balaban J connectivity index is 2.24. The number of ether oxygens (including phenoxy) is 1. The number of halogens is 3. The Kier molecular flexibility index (Phi) is 5.31. The van der Waals surface area contributed by atoms with E-state index in [1.807, 2.05) is 0 Å². The highest BCUT2D eigenvalue weighted by atomic mass is 19.4. The van der Waals surface area contributed by atoms with Crippen LogP contribution in [0.4, 0.5) is 24.5 Å². The number of nitrogens with one attached hydrogen (secondary N) is 2. The second-order valence-electron chi connectivity index (χ2n) is 5.13. The number of anilines is 2. The number of methoxy groups -OCH3 is 1. The Morgan fingerprint density at radius 1 is 1.04 bits per heavy atom. The number of alkyl halides is 3. The van der Waals surface area contributed by atoms with E-state index >= 15 is 0 Å². The highest BCUT2D eigenvalue weighted by Gasteiger charge is 2.30. The van der Waals surface area contributed by atoms with Crippen LogP contribution in [-0.2, 0) is 11.0 Å². The van der Waals surface area contributed by atoms with Crippen LogP contribution in [0.1, 0.15) is 22.8 Å². The zero-order valence-electron chi connectivity index (χ0n) is 13.4. The molecule has 5 nitrogen and oxygen atoms in total. The number of amides is 2. The lowest BCUT2D eigenvalue weighted by Gasteiger charge is -2.12. The third kappa shape index (κ3) is 4.72. The molecule has 0 aromatic heterocycles. The normalized spacial score (nSPS) is 10.9. The number of hydrogen-bond acceptors (Lipinski definition) is 3. The quantitative estimate of drug-likeness (QED) is 0.876. The lowest BCUT2D eigenvalue weighted by molar-refractivity contribution is -0.137. The second-order valence-corrected chi connectivity index (χ2v) is 5.13. The zero-order valence-corrected chi connectivity index (χ0v) is 13.4. The molecule has 0 aliphatic carbocycles. The molecule has 0 heterocycles. The van der Waals surface area contributed by atoms with E-state index in [1.54, 1.807) is 0 Å². The van der Waals surface area contributed by atoms with Crippen molar-refractivity contribution in [3.63, 3.8) is 0 Å². The largest absolute Gasteiger partial charge is 0.495 e. The Morgan fingerprint density at radius 2 is 1.76 bits per heavy atom. The van der Waals surface area contributed by atoms with Gasteiger partial charge in [-0.1, -0.05) is 6.07 Å². The van der Waals surface area contributed by atoms with Crippen molar-refractivity contribution >= 4 is 23.2 Å². The Labute approximate surface area is 141 Å². The standard InChI is InChI=1S/C17H15F3N2O3/c1-10(23)21-14-9-13(6-7-15(14)25-2)22-16(24)11-4-3-5-12(8-11)17(18,19)20/h3-9H,1-2H3,(H,21,23)(H,22,24). The van der Waals surface area contributed by atoms with Crippen LogP contribution in [0.2, 0.25) is 0 Å². The van der Waals surface area contributed by atoms with Gasteiger partial charge in [-0.15, -0.1) is 0 Å². The summed E-state index contributed by atoms with van der Waals surface area (Å²) in [7, 11) is 1.42. The van der Waals surface area contributed by atoms with E-state index in [-0.39, 0.29) is 11.5 Å². The van der Waals surface area contributed by atoms with E-state index < -0.39 is 17.6 Å². The van der Waals surface area contributed by atoms with Gasteiger partial charge in [0.05, 0.1) is 18.4 Å². The lowest BCUT2D eigenvalue weighted by atomic mass is 10.1. The summed E-state index contributed by atoms with van der Waals surface area (Å²) in [5.74, 6) is -0.656. The van der Waals surface area contributed by atoms with Gasteiger partial charge < -0.3 is 15.4 Å². The number of benzene rings is 2. The summed E-state index contributed by atoms with van der Waals surface area (Å²) in [6.45, 7) is 1.31. The molecular formula is C17H15F3N2O3. The van der Waals surface area contributed by atoms with Gasteiger partial charge in [-0.05, 0) is 36.4 Å². The first-order chi connectivity index (χ1) is 11.7. The first kappa shape index (κ1) is 18.3. The first-order valence-electron chi connectivity index (χ1n) is 7.15. The topological polar surface area (TPSA) is 67.4 Å². The average Bonchev–Trinajstić information content (AvgIpc) is 2.54. The van der Waals surface area contributed by atoms with Gasteiger partial charge in [0.2, 0.25) is 5.91 Å². The van der Waals surface area contributed by atoms with Crippen LogP contribution in [0, 0.1) is 0 Å². The molecule has 25 heavy (non-hydrogen) atoms. The monoisotopic (exact) mass is 352 g/mol. The van der Waals surface area contributed by atoms with Crippen LogP contribution >= 0.6 is 0 Å². The third-order valence-electron chi connectivity index (χ3n) is 3.22. The molecular weight excluding hydrogens is 337 g/mol. The fourth-order valence-corrected chi connectivity index (χ4v) is 2.11. The van der Waals surface area contributed by atoms with Crippen molar-refractivity contribution in [1.82, 2.24) is 0 Å². The fraction of sp³-hybridized carbons (Fsp3) is 0.176. The number of carbonyl (C=O) groups excluding carboxylic acids is 2. The minimum atomic E-state index is -4.53. The minimum Gasteiger partial charge on any atom is -0.495 e. The first-order valence-corrected chi connectivity index (χ1v) is 7.15. The molecule has 0 aliphatic rings. The van der Waals surface area contributed by atoms with Crippen molar-refractivity contribution in [3.8, 4) is 5.75 Å². The van der Waals surface area contributed by atoms with Gasteiger partial charge in [0.25, 0.3) is 5.91 Å². The highest BCUT2D eigenvalue weighted by molar-refractivity contribution is 6.05. The number of rotatable bonds is 4. The van der Waals surface area contributed by atoms with Crippen LogP contribution in [0.15, 0.2) is 42.5 Å². The SMILES string of the molecule is COc1ccc(NC(=O)c2cccc(C(F)(F)F)c2)cc1NC(C)=O. The summed E-state index contributed by atoms with van der Waals surface area (Å²) >= 11 is 0. The maximum atomic E-state index is 12.7. The number of carbonyl (C=O) groups is 2. The van der Waals surface area contributed by atoms with Gasteiger partial charge in [-0.3, -0.25) is 9.59 Å². The molecule has 2 aromatic carbocycles. The molecule has 0 unspecified atom stereocenters. The summed E-state index contributed by atoms with van der Waals surface area (Å²) in [5.41, 5.74) is -0.413. The molecule has 0 bridgehead atoms. The van der Waals surface area contributed by atoms with E-state index in [9.17, 15) is 22.8 Å². The van der Waals surface area contributed by atoms with Gasteiger partial charge in [-0.2, -0.15) is 13.2 Å². The van der Waals surface area contributed by atoms with Crippen LogP contribution < -0.4 is 15.4 Å². The van der Waals surface area contributed by atoms with E-state index in [0.717, 1.165) is 18.2 Å². The molecule has 2 rings (SSSR count). The van der Waals surface area contributed by atoms with Crippen molar-refractivity contribution in [3.05, 3.63) is 53.6 Å². The molecule has 0 radical (unpaired) electrons. The predicted octanol–water partition coefficient (Wildman–Crippen LogP) is 3.92. The van der Waals surface area contributed by atoms with Crippen molar-refractivity contribution in [1.29, 1.82) is 0 Å². The van der Waals surface area contributed by atoms with Crippen LogP contribution in [0.3, 0.4) is 0 Å². The molecule has 2 amide bonds. The summed E-state index contributed by atoms with van der Waals surface area (Å²) < 4.78 is 43.3. The van der Waals surface area contributed by atoms with Crippen LogP contribution in [0.5, 0.6) is 5.75 Å². The molecule has 2 N–H and O–H groups in total. The summed E-state index contributed by atoms with van der Waals surface area (Å²) in [6, 6.07) is 8.58. The van der Waals surface area contributed by atoms with E-state index in [1.165, 1.54) is 38.3 Å². The number of hydrogen-bond donors (Lipinski definition) is 2. The zero-order chi connectivity index (χ0) is 18.6. The van der Waals surface area contributed by atoms with E-state index in [0.29, 0.717) is 17.1 Å². The van der Waals surface area contributed by atoms with Gasteiger partial charge in [0, 0.05) is 18.2 Å². The molecule has 0 saturated carbocycles. The van der Waals surface area contributed by atoms with Crippen molar-refractivity contribution in [2.75, 3.05) is 17.7 Å². The summed E-state index contributed by atoms with van der Waals surface area (Å²) in [6.07, 6.45) is -4.53. The molecule has 0 fully saturated rings. The third-order valence-corrected chi connectivity index (χ3v) is 3.22. The van der Waals surface area contributed by atoms with Gasteiger partial charge >= 0.3 is 6.18 Å².